The van der Waals surface area contributed by atoms with Crippen LogP contribution in [0.2, 0.25) is 0 Å². The highest BCUT2D eigenvalue weighted by molar-refractivity contribution is 5.91. The van der Waals surface area contributed by atoms with Gasteiger partial charge in [0.2, 0.25) is 0 Å². The van der Waals surface area contributed by atoms with E-state index in [0.29, 0.717) is 12.6 Å². The van der Waals surface area contributed by atoms with Crippen LogP contribution in [0, 0.1) is 0 Å². The first-order valence-corrected chi connectivity index (χ1v) is 4.12. The van der Waals surface area contributed by atoms with Gasteiger partial charge in [-0.3, -0.25) is 5.01 Å². The molecule has 0 radical (unpaired) electrons. The number of hydrazine groups is 1. The molecular weight excluding hydrogens is 156 g/mol. The van der Waals surface area contributed by atoms with E-state index in [-0.39, 0.29) is 6.03 Å². The Balaban J connectivity index is 1.94. The topological polar surface area (TPSA) is 56.7 Å². The van der Waals surface area contributed by atoms with Crippen molar-refractivity contribution in [2.75, 3.05) is 6.54 Å². The van der Waals surface area contributed by atoms with Gasteiger partial charge in [-0.2, -0.15) is 5.10 Å². The fourth-order valence-corrected chi connectivity index (χ4v) is 1.08. The van der Waals surface area contributed by atoms with Crippen LogP contribution in [0.3, 0.4) is 0 Å². The number of hydrogen-bond acceptors (Lipinski definition) is 3. The van der Waals surface area contributed by atoms with Crippen LogP contribution >= 0.6 is 0 Å². The van der Waals surface area contributed by atoms with E-state index in [1.165, 1.54) is 12.8 Å². The van der Waals surface area contributed by atoms with Gasteiger partial charge in [0.1, 0.15) is 0 Å². The average molecular weight is 168 g/mol. The summed E-state index contributed by atoms with van der Waals surface area (Å²) in [7, 11) is 0. The zero-order valence-corrected chi connectivity index (χ0v) is 7.00. The summed E-state index contributed by atoms with van der Waals surface area (Å²) < 4.78 is 0. The van der Waals surface area contributed by atoms with Crippen molar-refractivity contribution in [1.29, 1.82) is 0 Å². The summed E-state index contributed by atoms with van der Waals surface area (Å²) in [6, 6.07) is 0.342. The van der Waals surface area contributed by atoms with E-state index in [2.05, 4.69) is 16.0 Å². The van der Waals surface area contributed by atoms with Gasteiger partial charge in [-0.1, -0.05) is 0 Å². The van der Waals surface area contributed by atoms with Crippen molar-refractivity contribution >= 4 is 11.7 Å². The van der Waals surface area contributed by atoms with Crippen LogP contribution in [-0.2, 0) is 0 Å². The fourth-order valence-electron chi connectivity index (χ4n) is 1.08. The van der Waals surface area contributed by atoms with Crippen molar-refractivity contribution in [3.8, 4) is 0 Å². The van der Waals surface area contributed by atoms with Gasteiger partial charge in [0.15, 0.2) is 0 Å². The van der Waals surface area contributed by atoms with Gasteiger partial charge in [-0.05, 0) is 19.8 Å². The Morgan fingerprint density at radius 3 is 3.08 bits per heavy atom. The Hall–Kier alpha value is -1.10. The lowest BCUT2D eigenvalue weighted by Gasteiger charge is -2.25. The van der Waals surface area contributed by atoms with E-state index in [9.17, 15) is 4.79 Å². The molecule has 0 aromatic carbocycles. The molecule has 0 aromatic rings. The summed E-state index contributed by atoms with van der Waals surface area (Å²) >= 11 is 0. The van der Waals surface area contributed by atoms with Crippen LogP contribution < -0.4 is 10.9 Å². The molecule has 2 aliphatic rings. The lowest BCUT2D eigenvalue weighted by Crippen LogP contribution is -2.53. The molecule has 1 saturated carbocycles. The molecule has 1 fully saturated rings. The number of hydrazone groups is 1. The van der Waals surface area contributed by atoms with E-state index in [1.807, 2.05) is 6.92 Å². The van der Waals surface area contributed by atoms with Gasteiger partial charge < -0.3 is 0 Å². The van der Waals surface area contributed by atoms with Gasteiger partial charge in [0.05, 0.1) is 12.3 Å². The van der Waals surface area contributed by atoms with Crippen LogP contribution in [0.25, 0.3) is 0 Å². The minimum atomic E-state index is -0.160. The Morgan fingerprint density at radius 1 is 1.67 bits per heavy atom. The van der Waals surface area contributed by atoms with E-state index in [4.69, 9.17) is 0 Å². The number of hydrogen-bond donors (Lipinski definition) is 2. The molecule has 0 bridgehead atoms. The molecule has 0 aromatic heterocycles. The molecule has 2 N–H and O–H groups in total. The first-order valence-electron chi connectivity index (χ1n) is 4.12. The third-order valence-electron chi connectivity index (χ3n) is 1.89. The Bertz CT molecular complexity index is 234. The summed E-state index contributed by atoms with van der Waals surface area (Å²) in [6.45, 7) is 2.48. The quantitative estimate of drug-likeness (QED) is 0.612. The number of carbonyl (C=O) groups excluding carboxylic acids is 1. The molecule has 0 unspecified atom stereocenters. The standard InChI is InChI=1S/C7H12N4O/c1-5-4-11(7(12)9-8-5)10-6-2-3-6/h6,10H,2-4H2,1H3,(H,9,12). The predicted molar refractivity (Wildman–Crippen MR) is 44.5 cm³/mol. The highest BCUT2D eigenvalue weighted by Crippen LogP contribution is 2.19. The average Bonchev–Trinajstić information content (AvgIpc) is 2.81. The lowest BCUT2D eigenvalue weighted by atomic mass is 10.4. The Labute approximate surface area is 70.8 Å². The molecule has 2 amide bonds. The number of nitrogens with one attached hydrogen (secondary N) is 2. The molecule has 66 valence electrons. The maximum absolute atomic E-state index is 11.1. The predicted octanol–water partition coefficient (Wildman–Crippen LogP) is 0.0545. The molecule has 1 heterocycles. The molecular formula is C7H12N4O. The molecule has 0 atom stereocenters. The number of rotatable bonds is 2. The second kappa shape index (κ2) is 2.75. The fraction of sp³-hybridized carbons (Fsp3) is 0.714. The first kappa shape index (κ1) is 7.54. The molecule has 0 saturated heterocycles. The molecule has 1 aliphatic carbocycles. The van der Waals surface area contributed by atoms with Gasteiger partial charge >= 0.3 is 6.03 Å². The van der Waals surface area contributed by atoms with Gasteiger partial charge in [-0.15, -0.1) is 0 Å². The van der Waals surface area contributed by atoms with E-state index in [0.717, 1.165) is 5.71 Å². The van der Waals surface area contributed by atoms with E-state index >= 15 is 0 Å². The van der Waals surface area contributed by atoms with Gasteiger partial charge in [0.25, 0.3) is 0 Å². The minimum absolute atomic E-state index is 0.160. The monoisotopic (exact) mass is 168 g/mol. The van der Waals surface area contributed by atoms with E-state index < -0.39 is 0 Å². The van der Waals surface area contributed by atoms with Crippen LogP contribution in [0.5, 0.6) is 0 Å². The van der Waals surface area contributed by atoms with Crippen molar-refractivity contribution in [3.05, 3.63) is 0 Å². The Kier molecular flexibility index (Phi) is 1.73. The van der Waals surface area contributed by atoms with Crippen LogP contribution in [0.15, 0.2) is 5.10 Å². The van der Waals surface area contributed by atoms with Gasteiger partial charge in [-0.25, -0.2) is 15.6 Å². The SMILES string of the molecule is CC1=NNC(=O)N(NC2CC2)C1. The van der Waals surface area contributed by atoms with Crippen molar-refractivity contribution < 1.29 is 4.79 Å². The maximum atomic E-state index is 11.1. The first-order chi connectivity index (χ1) is 5.75. The van der Waals surface area contributed by atoms with Crippen LogP contribution in [-0.4, -0.2) is 29.3 Å². The number of carbonyl (C=O) groups is 1. The number of urea groups is 1. The third kappa shape index (κ3) is 1.55. The zero-order valence-electron chi connectivity index (χ0n) is 7.00. The molecule has 2 rings (SSSR count). The summed E-state index contributed by atoms with van der Waals surface area (Å²) in [4.78, 5) is 11.1. The second-order valence-corrected chi connectivity index (χ2v) is 3.25. The van der Waals surface area contributed by atoms with Gasteiger partial charge in [0, 0.05) is 6.04 Å². The highest BCUT2D eigenvalue weighted by Gasteiger charge is 2.27. The van der Waals surface area contributed by atoms with Crippen molar-refractivity contribution in [2.24, 2.45) is 5.10 Å². The molecule has 1 aliphatic heterocycles. The third-order valence-corrected chi connectivity index (χ3v) is 1.89. The van der Waals surface area contributed by atoms with Crippen LogP contribution in [0.4, 0.5) is 4.79 Å². The van der Waals surface area contributed by atoms with Crippen molar-refractivity contribution in [3.63, 3.8) is 0 Å². The van der Waals surface area contributed by atoms with Crippen LogP contribution in [0.1, 0.15) is 19.8 Å². The minimum Gasteiger partial charge on any atom is -0.252 e. The van der Waals surface area contributed by atoms with Crippen molar-refractivity contribution in [1.82, 2.24) is 15.9 Å². The summed E-state index contributed by atoms with van der Waals surface area (Å²) in [5, 5.41) is 5.41. The second-order valence-electron chi connectivity index (χ2n) is 3.25. The number of nitrogens with zero attached hydrogens (tertiary/aromatic N) is 2. The molecule has 5 heteroatoms. The smallest absolute Gasteiger partial charge is 0.252 e. The normalized spacial score (nSPS) is 23.6. The largest absolute Gasteiger partial charge is 0.352 e. The van der Waals surface area contributed by atoms with E-state index in [1.54, 1.807) is 5.01 Å². The molecule has 5 nitrogen and oxygen atoms in total. The summed E-state index contributed by atoms with van der Waals surface area (Å²) in [5.74, 6) is 0. The summed E-state index contributed by atoms with van der Waals surface area (Å²) in [6.07, 6.45) is 2.33. The maximum Gasteiger partial charge on any atom is 0.352 e. The highest BCUT2D eigenvalue weighted by atomic mass is 16.2. The Morgan fingerprint density at radius 2 is 2.42 bits per heavy atom. The molecule has 12 heavy (non-hydrogen) atoms. The lowest BCUT2D eigenvalue weighted by molar-refractivity contribution is 0.175. The molecule has 0 spiro atoms. The van der Waals surface area contributed by atoms with Crippen molar-refractivity contribution in [2.45, 2.75) is 25.8 Å². The number of amides is 2. The zero-order chi connectivity index (χ0) is 8.55. The summed E-state index contributed by atoms with van der Waals surface area (Å²) in [5.41, 5.74) is 6.46.